The number of hydrogen-bond donors (Lipinski definition) is 2. The molecule has 1 aromatic heterocycles. The number of ether oxygens (including phenoxy) is 1. The van der Waals surface area contributed by atoms with Crippen LogP contribution in [0.4, 0.5) is 8.78 Å². The second-order valence-corrected chi connectivity index (χ2v) is 9.35. The van der Waals surface area contributed by atoms with Gasteiger partial charge in [-0.2, -0.15) is 5.10 Å². The van der Waals surface area contributed by atoms with Crippen LogP contribution in [0.2, 0.25) is 0 Å². The number of methoxy groups -OCH3 is 1. The lowest BCUT2D eigenvalue weighted by molar-refractivity contribution is 0.400. The Bertz CT molecular complexity index is 1410. The van der Waals surface area contributed by atoms with Gasteiger partial charge in [-0.1, -0.05) is 42.5 Å². The molecular formula is C26H25BF2N2O4S2. The van der Waals surface area contributed by atoms with Crippen LogP contribution < -0.4 is 15.8 Å². The SMILES string of the molecule is COc1c(-c2ccc(SC)c(F)c2)cnn(Cc2ccccc2)c1=O.CSc1ccc(B(O)O)cc1F. The minimum atomic E-state index is -1.60. The number of halogens is 2. The molecule has 0 atom stereocenters. The van der Waals surface area contributed by atoms with E-state index >= 15 is 0 Å². The quantitative estimate of drug-likeness (QED) is 0.269. The molecule has 0 bridgehead atoms. The highest BCUT2D eigenvalue weighted by atomic mass is 32.2. The van der Waals surface area contributed by atoms with Crippen molar-refractivity contribution in [3.05, 3.63) is 100 Å². The van der Waals surface area contributed by atoms with Crippen LogP contribution in [0.25, 0.3) is 11.1 Å². The van der Waals surface area contributed by atoms with Gasteiger partial charge in [0.2, 0.25) is 0 Å². The standard InChI is InChI=1S/C19H17FN2O2S.C7H8BFO2S/c1-24-18-15(14-8-9-17(25-2)16(20)10-14)11-21-22(19(18)23)12-13-6-4-3-5-7-13;1-12-7-3-2-5(8(10)11)4-6(7)9/h3-11H,12H2,1-2H3;2-4,10-11H,1H3. The molecule has 0 spiro atoms. The molecule has 0 saturated carbocycles. The number of benzene rings is 3. The van der Waals surface area contributed by atoms with E-state index in [-0.39, 0.29) is 22.6 Å². The summed E-state index contributed by atoms with van der Waals surface area (Å²) in [6.07, 6.45) is 5.11. The van der Waals surface area contributed by atoms with Crippen LogP contribution in [0.1, 0.15) is 5.56 Å². The molecule has 0 fully saturated rings. The first-order chi connectivity index (χ1) is 17.8. The Morgan fingerprint density at radius 1 is 0.946 bits per heavy atom. The van der Waals surface area contributed by atoms with E-state index in [1.54, 1.807) is 18.4 Å². The van der Waals surface area contributed by atoms with Gasteiger partial charge in [-0.25, -0.2) is 13.5 Å². The van der Waals surface area contributed by atoms with Gasteiger partial charge < -0.3 is 14.8 Å². The van der Waals surface area contributed by atoms with Crippen molar-refractivity contribution in [1.82, 2.24) is 9.78 Å². The Morgan fingerprint density at radius 3 is 2.11 bits per heavy atom. The molecule has 2 N–H and O–H groups in total. The van der Waals surface area contributed by atoms with E-state index in [4.69, 9.17) is 14.8 Å². The summed E-state index contributed by atoms with van der Waals surface area (Å²) in [7, 11) is -0.171. The van der Waals surface area contributed by atoms with E-state index in [9.17, 15) is 13.6 Å². The van der Waals surface area contributed by atoms with E-state index in [0.717, 1.165) is 11.6 Å². The molecule has 0 radical (unpaired) electrons. The zero-order valence-electron chi connectivity index (χ0n) is 20.4. The van der Waals surface area contributed by atoms with Gasteiger partial charge in [-0.15, -0.1) is 23.5 Å². The van der Waals surface area contributed by atoms with Gasteiger partial charge in [0.25, 0.3) is 0 Å². The predicted octanol–water partition coefficient (Wildman–Crippen LogP) is 4.06. The van der Waals surface area contributed by atoms with Gasteiger partial charge in [0.05, 0.1) is 19.9 Å². The molecule has 11 heteroatoms. The van der Waals surface area contributed by atoms with E-state index in [0.29, 0.717) is 27.5 Å². The van der Waals surface area contributed by atoms with E-state index < -0.39 is 12.9 Å². The summed E-state index contributed by atoms with van der Waals surface area (Å²) in [6.45, 7) is 0.343. The zero-order valence-corrected chi connectivity index (χ0v) is 22.0. The Morgan fingerprint density at radius 2 is 1.57 bits per heavy atom. The second-order valence-electron chi connectivity index (χ2n) is 7.66. The third kappa shape index (κ3) is 7.23. The molecule has 1 heterocycles. The molecule has 6 nitrogen and oxygen atoms in total. The highest BCUT2D eigenvalue weighted by Gasteiger charge is 2.16. The average molecular weight is 542 g/mol. The minimum absolute atomic E-state index is 0.155. The van der Waals surface area contributed by atoms with Crippen molar-refractivity contribution in [3.8, 4) is 16.9 Å². The largest absolute Gasteiger partial charge is 0.491 e. The molecule has 4 rings (SSSR count). The maximum Gasteiger partial charge on any atom is 0.488 e. The molecule has 0 amide bonds. The smallest absolute Gasteiger partial charge is 0.488 e. The van der Waals surface area contributed by atoms with Crippen LogP contribution >= 0.6 is 23.5 Å². The highest BCUT2D eigenvalue weighted by Crippen LogP contribution is 2.30. The molecule has 0 unspecified atom stereocenters. The molecule has 0 aliphatic rings. The topological polar surface area (TPSA) is 84.6 Å². The van der Waals surface area contributed by atoms with Gasteiger partial charge >= 0.3 is 12.7 Å². The summed E-state index contributed by atoms with van der Waals surface area (Å²) in [4.78, 5) is 13.7. The van der Waals surface area contributed by atoms with Crippen molar-refractivity contribution in [1.29, 1.82) is 0 Å². The fourth-order valence-electron chi connectivity index (χ4n) is 3.42. The van der Waals surface area contributed by atoms with Crippen molar-refractivity contribution in [2.75, 3.05) is 19.6 Å². The van der Waals surface area contributed by atoms with Crippen molar-refractivity contribution in [3.63, 3.8) is 0 Å². The zero-order chi connectivity index (χ0) is 26.9. The van der Waals surface area contributed by atoms with Crippen molar-refractivity contribution < 1.29 is 23.6 Å². The average Bonchev–Trinajstić information content (AvgIpc) is 2.90. The lowest BCUT2D eigenvalue weighted by Crippen LogP contribution is -2.29. The summed E-state index contributed by atoms with van der Waals surface area (Å²) in [6, 6.07) is 18.5. The summed E-state index contributed by atoms with van der Waals surface area (Å²) < 4.78 is 33.7. The molecule has 0 aliphatic carbocycles. The summed E-state index contributed by atoms with van der Waals surface area (Å²) >= 11 is 2.61. The molecule has 3 aromatic carbocycles. The highest BCUT2D eigenvalue weighted by molar-refractivity contribution is 7.98. The van der Waals surface area contributed by atoms with Gasteiger partial charge in [0, 0.05) is 15.4 Å². The molecule has 37 heavy (non-hydrogen) atoms. The maximum absolute atomic E-state index is 14.1. The first-order valence-corrected chi connectivity index (χ1v) is 13.5. The number of nitrogens with zero attached hydrogens (tertiary/aromatic N) is 2. The number of rotatable bonds is 7. The summed E-state index contributed by atoms with van der Waals surface area (Å²) in [5.74, 6) is -0.601. The molecule has 0 aliphatic heterocycles. The third-order valence-electron chi connectivity index (χ3n) is 5.32. The van der Waals surface area contributed by atoms with E-state index in [1.807, 2.05) is 36.6 Å². The van der Waals surface area contributed by atoms with Crippen LogP contribution in [-0.4, -0.2) is 46.6 Å². The number of aromatic nitrogens is 2. The van der Waals surface area contributed by atoms with Gasteiger partial charge in [-0.3, -0.25) is 4.79 Å². The molecular weight excluding hydrogens is 517 g/mol. The van der Waals surface area contributed by atoms with E-state index in [1.165, 1.54) is 59.7 Å². The lowest BCUT2D eigenvalue weighted by Gasteiger charge is -2.12. The van der Waals surface area contributed by atoms with Crippen LogP contribution in [0.3, 0.4) is 0 Å². The van der Waals surface area contributed by atoms with Gasteiger partial charge in [-0.05, 0) is 53.4 Å². The Labute approximate surface area is 222 Å². The van der Waals surface area contributed by atoms with Gasteiger partial charge in [0.15, 0.2) is 5.75 Å². The monoisotopic (exact) mass is 542 g/mol. The van der Waals surface area contributed by atoms with E-state index in [2.05, 4.69) is 5.10 Å². The molecule has 4 aromatic rings. The fraction of sp³-hybridized carbons (Fsp3) is 0.154. The van der Waals surface area contributed by atoms with Crippen molar-refractivity contribution in [2.45, 2.75) is 16.3 Å². The minimum Gasteiger partial charge on any atom is -0.491 e. The van der Waals surface area contributed by atoms with Crippen LogP contribution in [0.15, 0.2) is 87.5 Å². The van der Waals surface area contributed by atoms with Crippen molar-refractivity contribution in [2.24, 2.45) is 0 Å². The second kappa shape index (κ2) is 13.4. The van der Waals surface area contributed by atoms with Gasteiger partial charge in [0.1, 0.15) is 11.6 Å². The van der Waals surface area contributed by atoms with Crippen molar-refractivity contribution >= 4 is 36.1 Å². The Balaban J connectivity index is 0.000000266. The first-order valence-electron chi connectivity index (χ1n) is 11.0. The third-order valence-corrected chi connectivity index (χ3v) is 6.86. The first kappa shape index (κ1) is 28.5. The van der Waals surface area contributed by atoms with Crippen LogP contribution in [-0.2, 0) is 6.54 Å². The maximum atomic E-state index is 14.1. The normalized spacial score (nSPS) is 10.5. The molecule has 192 valence electrons. The van der Waals surface area contributed by atoms with Crippen LogP contribution in [0.5, 0.6) is 5.75 Å². The molecule has 0 saturated heterocycles. The summed E-state index contributed by atoms with van der Waals surface area (Å²) in [5, 5.41) is 21.6. The number of thioether (sulfide) groups is 2. The summed E-state index contributed by atoms with van der Waals surface area (Å²) in [5.41, 5.74) is 1.82. The fourth-order valence-corrected chi connectivity index (χ4v) is 4.34. The predicted molar refractivity (Wildman–Crippen MR) is 146 cm³/mol. The van der Waals surface area contributed by atoms with Crippen LogP contribution in [0, 0.1) is 11.6 Å². The number of hydrogen-bond acceptors (Lipinski definition) is 7. The lowest BCUT2D eigenvalue weighted by atomic mass is 9.80. The Hall–Kier alpha value is -3.12. The Kier molecular flexibility index (Phi) is 10.3.